The van der Waals surface area contributed by atoms with E-state index in [1.54, 1.807) is 0 Å². The van der Waals surface area contributed by atoms with Crippen LogP contribution in [-0.4, -0.2) is 15.9 Å². The van der Waals surface area contributed by atoms with Crippen molar-refractivity contribution in [3.63, 3.8) is 0 Å². The second-order valence-electron chi connectivity index (χ2n) is 5.13. The molecule has 106 valence electrons. The number of nitrogens with one attached hydrogen (secondary N) is 2. The first-order valence-electron chi connectivity index (χ1n) is 6.93. The summed E-state index contributed by atoms with van der Waals surface area (Å²) in [5.41, 5.74) is 4.74. The molecule has 3 rings (SSSR count). The smallest absolute Gasteiger partial charge is 0.251 e. The third-order valence-electron chi connectivity index (χ3n) is 3.70. The van der Waals surface area contributed by atoms with Crippen molar-refractivity contribution >= 4 is 16.9 Å². The van der Waals surface area contributed by atoms with E-state index in [2.05, 4.69) is 15.3 Å². The molecule has 1 heterocycles. The van der Waals surface area contributed by atoms with E-state index < -0.39 is 0 Å². The SMILES string of the molecule is Cc1cccc(C(=O)NCc2nc3ccccc3[nH]2)c1C. The lowest BCUT2D eigenvalue weighted by Crippen LogP contribution is -2.24. The first-order chi connectivity index (χ1) is 10.1. The lowest BCUT2D eigenvalue weighted by molar-refractivity contribution is 0.0949. The third-order valence-corrected chi connectivity index (χ3v) is 3.70. The van der Waals surface area contributed by atoms with Crippen molar-refractivity contribution in [3.05, 3.63) is 65.0 Å². The Hall–Kier alpha value is -2.62. The summed E-state index contributed by atoms with van der Waals surface area (Å²) in [7, 11) is 0. The Morgan fingerprint density at radius 3 is 2.76 bits per heavy atom. The molecule has 0 atom stereocenters. The van der Waals surface area contributed by atoms with Gasteiger partial charge in [-0.05, 0) is 43.2 Å². The van der Waals surface area contributed by atoms with E-state index >= 15 is 0 Å². The van der Waals surface area contributed by atoms with Crippen molar-refractivity contribution in [2.45, 2.75) is 20.4 Å². The number of imidazole rings is 1. The standard InChI is InChI=1S/C17H17N3O/c1-11-6-5-7-13(12(11)2)17(21)18-10-16-19-14-8-3-4-9-15(14)20-16/h3-9H,10H2,1-2H3,(H,18,21)(H,19,20). The molecule has 3 aromatic rings. The third kappa shape index (κ3) is 2.65. The number of benzene rings is 2. The Balaban J connectivity index is 1.75. The number of aryl methyl sites for hydroxylation is 1. The molecule has 21 heavy (non-hydrogen) atoms. The number of fused-ring (bicyclic) bond motifs is 1. The Kier molecular flexibility index (Phi) is 3.44. The van der Waals surface area contributed by atoms with E-state index in [-0.39, 0.29) is 5.91 Å². The first kappa shape index (κ1) is 13.4. The minimum absolute atomic E-state index is 0.0725. The summed E-state index contributed by atoms with van der Waals surface area (Å²) in [6, 6.07) is 13.6. The minimum atomic E-state index is -0.0725. The Morgan fingerprint density at radius 2 is 1.95 bits per heavy atom. The molecule has 0 saturated heterocycles. The van der Waals surface area contributed by atoms with Crippen molar-refractivity contribution in [2.75, 3.05) is 0 Å². The highest BCUT2D eigenvalue weighted by atomic mass is 16.1. The van der Waals surface area contributed by atoms with E-state index in [1.807, 2.05) is 56.3 Å². The van der Waals surface area contributed by atoms with Gasteiger partial charge >= 0.3 is 0 Å². The molecule has 4 heteroatoms. The summed E-state index contributed by atoms with van der Waals surface area (Å²) < 4.78 is 0. The van der Waals surface area contributed by atoms with E-state index in [0.29, 0.717) is 12.1 Å². The van der Waals surface area contributed by atoms with Gasteiger partial charge in [0.05, 0.1) is 17.6 Å². The Morgan fingerprint density at radius 1 is 1.14 bits per heavy atom. The van der Waals surface area contributed by atoms with Gasteiger partial charge in [-0.2, -0.15) is 0 Å². The van der Waals surface area contributed by atoms with Crippen LogP contribution < -0.4 is 5.32 Å². The molecule has 0 radical (unpaired) electrons. The fraction of sp³-hybridized carbons (Fsp3) is 0.176. The van der Waals surface area contributed by atoms with Gasteiger partial charge in [0.1, 0.15) is 5.82 Å². The maximum absolute atomic E-state index is 12.3. The molecule has 0 bridgehead atoms. The number of carbonyl (C=O) groups excluding carboxylic acids is 1. The van der Waals surface area contributed by atoms with Crippen LogP contribution in [0.5, 0.6) is 0 Å². The minimum Gasteiger partial charge on any atom is -0.345 e. The van der Waals surface area contributed by atoms with Crippen molar-refractivity contribution in [1.82, 2.24) is 15.3 Å². The van der Waals surface area contributed by atoms with Gasteiger partial charge in [0, 0.05) is 5.56 Å². The second-order valence-corrected chi connectivity index (χ2v) is 5.13. The van der Waals surface area contributed by atoms with Gasteiger partial charge < -0.3 is 10.3 Å². The number of amides is 1. The van der Waals surface area contributed by atoms with E-state index in [0.717, 1.165) is 28.0 Å². The lowest BCUT2D eigenvalue weighted by Gasteiger charge is -2.08. The quantitative estimate of drug-likeness (QED) is 0.774. The van der Waals surface area contributed by atoms with E-state index in [9.17, 15) is 4.79 Å². The molecular weight excluding hydrogens is 262 g/mol. The number of para-hydroxylation sites is 2. The number of hydrogen-bond acceptors (Lipinski definition) is 2. The van der Waals surface area contributed by atoms with Crippen LogP contribution in [0.1, 0.15) is 27.3 Å². The zero-order valence-corrected chi connectivity index (χ0v) is 12.1. The van der Waals surface area contributed by atoms with Crippen LogP contribution in [0.3, 0.4) is 0 Å². The highest BCUT2D eigenvalue weighted by molar-refractivity contribution is 5.95. The molecule has 1 amide bonds. The zero-order chi connectivity index (χ0) is 14.8. The molecule has 0 aliphatic rings. The molecule has 0 spiro atoms. The highest BCUT2D eigenvalue weighted by Gasteiger charge is 2.10. The molecule has 2 N–H and O–H groups in total. The monoisotopic (exact) mass is 279 g/mol. The van der Waals surface area contributed by atoms with Crippen molar-refractivity contribution < 1.29 is 4.79 Å². The predicted molar refractivity (Wildman–Crippen MR) is 83.2 cm³/mol. The van der Waals surface area contributed by atoms with Gasteiger partial charge in [0.25, 0.3) is 5.91 Å². The topological polar surface area (TPSA) is 57.8 Å². The summed E-state index contributed by atoms with van der Waals surface area (Å²) in [5, 5.41) is 2.91. The summed E-state index contributed by atoms with van der Waals surface area (Å²) in [6.07, 6.45) is 0. The largest absolute Gasteiger partial charge is 0.345 e. The number of nitrogens with zero attached hydrogens (tertiary/aromatic N) is 1. The zero-order valence-electron chi connectivity index (χ0n) is 12.1. The molecule has 0 unspecified atom stereocenters. The van der Waals surface area contributed by atoms with Gasteiger partial charge in [-0.3, -0.25) is 4.79 Å². The van der Waals surface area contributed by atoms with Gasteiger partial charge in [-0.1, -0.05) is 24.3 Å². The molecule has 2 aromatic carbocycles. The average Bonchev–Trinajstić information content (AvgIpc) is 2.90. The molecule has 0 aliphatic heterocycles. The molecule has 4 nitrogen and oxygen atoms in total. The molecule has 0 aliphatic carbocycles. The maximum Gasteiger partial charge on any atom is 0.251 e. The normalized spacial score (nSPS) is 10.8. The maximum atomic E-state index is 12.3. The van der Waals surface area contributed by atoms with Gasteiger partial charge in [0.2, 0.25) is 0 Å². The van der Waals surface area contributed by atoms with Crippen LogP contribution in [-0.2, 0) is 6.54 Å². The Labute approximate surface area is 123 Å². The van der Waals surface area contributed by atoms with Crippen LogP contribution in [0, 0.1) is 13.8 Å². The number of aromatic nitrogens is 2. The number of H-pyrrole nitrogens is 1. The van der Waals surface area contributed by atoms with Crippen LogP contribution in [0.25, 0.3) is 11.0 Å². The molecule has 1 aromatic heterocycles. The van der Waals surface area contributed by atoms with Crippen LogP contribution in [0.15, 0.2) is 42.5 Å². The summed E-state index contributed by atoms with van der Waals surface area (Å²) in [4.78, 5) is 19.9. The highest BCUT2D eigenvalue weighted by Crippen LogP contribution is 2.13. The van der Waals surface area contributed by atoms with Crippen molar-refractivity contribution in [1.29, 1.82) is 0 Å². The number of aromatic amines is 1. The van der Waals surface area contributed by atoms with E-state index in [1.165, 1.54) is 0 Å². The Bertz CT molecular complexity index is 772. The van der Waals surface area contributed by atoms with Gasteiger partial charge in [0.15, 0.2) is 0 Å². The molecule has 0 saturated carbocycles. The van der Waals surface area contributed by atoms with Crippen molar-refractivity contribution in [3.8, 4) is 0 Å². The lowest BCUT2D eigenvalue weighted by atomic mass is 10.0. The van der Waals surface area contributed by atoms with Gasteiger partial charge in [-0.25, -0.2) is 4.98 Å². The number of hydrogen-bond donors (Lipinski definition) is 2. The summed E-state index contributed by atoms with van der Waals surface area (Å²) >= 11 is 0. The van der Waals surface area contributed by atoms with Crippen molar-refractivity contribution in [2.24, 2.45) is 0 Å². The fourth-order valence-corrected chi connectivity index (χ4v) is 2.35. The average molecular weight is 279 g/mol. The van der Waals surface area contributed by atoms with Crippen LogP contribution >= 0.6 is 0 Å². The predicted octanol–water partition coefficient (Wildman–Crippen LogP) is 3.11. The number of rotatable bonds is 3. The van der Waals surface area contributed by atoms with Crippen LogP contribution in [0.2, 0.25) is 0 Å². The van der Waals surface area contributed by atoms with Gasteiger partial charge in [-0.15, -0.1) is 0 Å². The fourth-order valence-electron chi connectivity index (χ4n) is 2.35. The molecule has 0 fully saturated rings. The summed E-state index contributed by atoms with van der Waals surface area (Å²) in [6.45, 7) is 4.36. The van der Waals surface area contributed by atoms with Crippen LogP contribution in [0.4, 0.5) is 0 Å². The molecular formula is C17H17N3O. The first-order valence-corrected chi connectivity index (χ1v) is 6.93. The number of carbonyl (C=O) groups is 1. The van der Waals surface area contributed by atoms with E-state index in [4.69, 9.17) is 0 Å². The second kappa shape index (κ2) is 5.40. The summed E-state index contributed by atoms with van der Waals surface area (Å²) in [5.74, 6) is 0.687.